The first-order chi connectivity index (χ1) is 8.55. The van der Waals surface area contributed by atoms with Gasteiger partial charge in [0.1, 0.15) is 0 Å². The third kappa shape index (κ3) is 4.12. The predicted molar refractivity (Wildman–Crippen MR) is 63.3 cm³/mol. The average Bonchev–Trinajstić information content (AvgIpc) is 2.37. The summed E-state index contributed by atoms with van der Waals surface area (Å²) in [5, 5.41) is 3.31. The molecular formula is C13H22F3NO. The van der Waals surface area contributed by atoms with Crippen LogP contribution in [0.15, 0.2) is 0 Å². The van der Waals surface area contributed by atoms with Crippen molar-refractivity contribution in [3.63, 3.8) is 0 Å². The van der Waals surface area contributed by atoms with E-state index in [1.165, 1.54) is 0 Å². The normalized spacial score (nSPS) is 34.5. The van der Waals surface area contributed by atoms with Gasteiger partial charge in [0.15, 0.2) is 0 Å². The molecule has 18 heavy (non-hydrogen) atoms. The molecule has 106 valence electrons. The first-order valence-electron chi connectivity index (χ1n) is 6.93. The van der Waals surface area contributed by atoms with Crippen molar-refractivity contribution in [1.29, 1.82) is 0 Å². The van der Waals surface area contributed by atoms with Crippen molar-refractivity contribution in [1.82, 2.24) is 5.32 Å². The Labute approximate surface area is 106 Å². The molecule has 2 fully saturated rings. The standard InChI is InChI=1S/C13H22F3NO/c14-13(15,16)11-4-1-5-12(7-11)17-8-10-3-2-6-18-9-10/h10-12,17H,1-9H2. The summed E-state index contributed by atoms with van der Waals surface area (Å²) in [6.07, 6.45) is 0.285. The highest BCUT2D eigenvalue weighted by Gasteiger charge is 2.42. The molecule has 2 aliphatic rings. The molecule has 1 saturated carbocycles. The van der Waals surface area contributed by atoms with E-state index in [0.29, 0.717) is 18.8 Å². The van der Waals surface area contributed by atoms with Gasteiger partial charge in [0.05, 0.1) is 12.5 Å². The van der Waals surface area contributed by atoms with E-state index in [1.54, 1.807) is 0 Å². The lowest BCUT2D eigenvalue weighted by Crippen LogP contribution is -2.41. The van der Waals surface area contributed by atoms with E-state index in [1.807, 2.05) is 0 Å². The predicted octanol–water partition coefficient (Wildman–Crippen LogP) is 3.12. The van der Waals surface area contributed by atoms with Gasteiger partial charge in [-0.25, -0.2) is 0 Å². The van der Waals surface area contributed by atoms with Gasteiger partial charge in [-0.1, -0.05) is 6.42 Å². The van der Waals surface area contributed by atoms with Crippen LogP contribution in [0.2, 0.25) is 0 Å². The van der Waals surface area contributed by atoms with Crippen LogP contribution in [0.4, 0.5) is 13.2 Å². The molecule has 2 rings (SSSR count). The summed E-state index contributed by atoms with van der Waals surface area (Å²) in [7, 11) is 0. The van der Waals surface area contributed by atoms with E-state index in [0.717, 1.165) is 39.0 Å². The minimum Gasteiger partial charge on any atom is -0.381 e. The number of hydrogen-bond acceptors (Lipinski definition) is 2. The molecule has 0 aromatic carbocycles. The third-order valence-corrected chi connectivity index (χ3v) is 4.09. The summed E-state index contributed by atoms with van der Waals surface area (Å²) in [6, 6.07) is 0.0345. The van der Waals surface area contributed by atoms with Crippen LogP contribution in [0.25, 0.3) is 0 Å². The van der Waals surface area contributed by atoms with Crippen LogP contribution in [0.5, 0.6) is 0 Å². The minimum atomic E-state index is -4.02. The quantitative estimate of drug-likeness (QED) is 0.846. The number of rotatable bonds is 3. The van der Waals surface area contributed by atoms with E-state index in [2.05, 4.69) is 5.32 Å². The van der Waals surface area contributed by atoms with Crippen LogP contribution in [-0.2, 0) is 4.74 Å². The second kappa shape index (κ2) is 6.24. The largest absolute Gasteiger partial charge is 0.391 e. The molecule has 1 aliphatic heterocycles. The lowest BCUT2D eigenvalue weighted by molar-refractivity contribution is -0.183. The fourth-order valence-electron chi connectivity index (χ4n) is 2.97. The summed E-state index contributed by atoms with van der Waals surface area (Å²) < 4.78 is 43.4. The van der Waals surface area contributed by atoms with Gasteiger partial charge in [-0.15, -0.1) is 0 Å². The second-order valence-electron chi connectivity index (χ2n) is 5.59. The minimum absolute atomic E-state index is 0.0345. The van der Waals surface area contributed by atoms with E-state index >= 15 is 0 Å². The summed E-state index contributed by atoms with van der Waals surface area (Å²) >= 11 is 0. The zero-order valence-corrected chi connectivity index (χ0v) is 10.6. The van der Waals surface area contributed by atoms with Gasteiger partial charge in [-0.3, -0.25) is 0 Å². The average molecular weight is 265 g/mol. The van der Waals surface area contributed by atoms with Crippen LogP contribution in [-0.4, -0.2) is 32.0 Å². The van der Waals surface area contributed by atoms with Gasteiger partial charge in [0, 0.05) is 19.2 Å². The Morgan fingerprint density at radius 1 is 1.11 bits per heavy atom. The summed E-state index contributed by atoms with van der Waals surface area (Å²) in [5.74, 6) is -0.628. The Bertz CT molecular complexity index is 251. The molecule has 2 nitrogen and oxygen atoms in total. The Morgan fingerprint density at radius 2 is 1.94 bits per heavy atom. The van der Waals surface area contributed by atoms with Crippen molar-refractivity contribution in [2.24, 2.45) is 11.8 Å². The summed E-state index contributed by atoms with van der Waals surface area (Å²) in [5.41, 5.74) is 0. The molecule has 1 heterocycles. The second-order valence-corrected chi connectivity index (χ2v) is 5.59. The Hall–Kier alpha value is -0.290. The smallest absolute Gasteiger partial charge is 0.381 e. The summed E-state index contributed by atoms with van der Waals surface area (Å²) in [4.78, 5) is 0. The molecule has 1 aliphatic carbocycles. The zero-order valence-electron chi connectivity index (χ0n) is 10.6. The van der Waals surface area contributed by atoms with Gasteiger partial charge < -0.3 is 10.1 Å². The molecule has 3 unspecified atom stereocenters. The monoisotopic (exact) mass is 265 g/mol. The lowest BCUT2D eigenvalue weighted by atomic mass is 9.85. The Balaban J connectivity index is 1.72. The molecule has 5 heteroatoms. The van der Waals surface area contributed by atoms with E-state index < -0.39 is 12.1 Å². The molecule has 0 amide bonds. The van der Waals surface area contributed by atoms with Crippen molar-refractivity contribution in [2.45, 2.75) is 50.7 Å². The highest BCUT2D eigenvalue weighted by molar-refractivity contribution is 4.82. The van der Waals surface area contributed by atoms with E-state index in [-0.39, 0.29) is 12.5 Å². The number of hydrogen-bond donors (Lipinski definition) is 1. The molecule has 0 aromatic heterocycles. The van der Waals surface area contributed by atoms with Crippen LogP contribution in [0.3, 0.4) is 0 Å². The van der Waals surface area contributed by atoms with Gasteiger partial charge in [-0.05, 0) is 38.0 Å². The van der Waals surface area contributed by atoms with Gasteiger partial charge >= 0.3 is 6.18 Å². The van der Waals surface area contributed by atoms with Crippen LogP contribution in [0.1, 0.15) is 38.5 Å². The van der Waals surface area contributed by atoms with Crippen molar-refractivity contribution < 1.29 is 17.9 Å². The van der Waals surface area contributed by atoms with Crippen molar-refractivity contribution >= 4 is 0 Å². The fraction of sp³-hybridized carbons (Fsp3) is 1.00. The highest BCUT2D eigenvalue weighted by Crippen LogP contribution is 2.37. The number of nitrogens with one attached hydrogen (secondary N) is 1. The van der Waals surface area contributed by atoms with E-state index in [4.69, 9.17) is 4.74 Å². The first-order valence-corrected chi connectivity index (χ1v) is 6.93. The maximum atomic E-state index is 12.7. The number of ether oxygens (including phenoxy) is 1. The number of halogens is 3. The summed E-state index contributed by atoms with van der Waals surface area (Å²) in [6.45, 7) is 2.38. The molecule has 1 N–H and O–H groups in total. The molecule has 0 bridgehead atoms. The molecule has 0 aromatic rings. The Kier molecular flexibility index (Phi) is 4.90. The van der Waals surface area contributed by atoms with Crippen LogP contribution < -0.4 is 5.32 Å². The zero-order chi connectivity index (χ0) is 13.0. The van der Waals surface area contributed by atoms with Gasteiger partial charge in [-0.2, -0.15) is 13.2 Å². The van der Waals surface area contributed by atoms with Crippen molar-refractivity contribution in [2.75, 3.05) is 19.8 Å². The van der Waals surface area contributed by atoms with Crippen LogP contribution >= 0.6 is 0 Å². The molecule has 0 spiro atoms. The van der Waals surface area contributed by atoms with Crippen molar-refractivity contribution in [3.05, 3.63) is 0 Å². The molecule has 0 radical (unpaired) electrons. The topological polar surface area (TPSA) is 21.3 Å². The van der Waals surface area contributed by atoms with Gasteiger partial charge in [0.2, 0.25) is 0 Å². The molecule has 1 saturated heterocycles. The maximum Gasteiger partial charge on any atom is 0.391 e. The third-order valence-electron chi connectivity index (χ3n) is 4.09. The number of alkyl halides is 3. The highest BCUT2D eigenvalue weighted by atomic mass is 19.4. The van der Waals surface area contributed by atoms with Crippen molar-refractivity contribution in [3.8, 4) is 0 Å². The maximum absolute atomic E-state index is 12.7. The first kappa shape index (κ1) is 14.1. The molecular weight excluding hydrogens is 243 g/mol. The van der Waals surface area contributed by atoms with Crippen LogP contribution in [0, 0.1) is 11.8 Å². The molecule has 3 atom stereocenters. The Morgan fingerprint density at radius 3 is 2.61 bits per heavy atom. The SMILES string of the molecule is FC(F)(F)C1CCCC(NCC2CCCOC2)C1. The van der Waals surface area contributed by atoms with E-state index in [9.17, 15) is 13.2 Å². The fourth-order valence-corrected chi connectivity index (χ4v) is 2.97. The lowest BCUT2D eigenvalue weighted by Gasteiger charge is -2.32. The van der Waals surface area contributed by atoms with Gasteiger partial charge in [0.25, 0.3) is 0 Å².